The number of allylic oxidation sites excluding steroid dienone is 2. The van der Waals surface area contributed by atoms with Crippen molar-refractivity contribution in [2.24, 2.45) is 5.92 Å². The van der Waals surface area contributed by atoms with E-state index in [1.54, 1.807) is 0 Å². The summed E-state index contributed by atoms with van der Waals surface area (Å²) in [6.07, 6.45) is 26.6. The fraction of sp³-hybridized carbons (Fsp3) is 0.917. The summed E-state index contributed by atoms with van der Waals surface area (Å²) in [6, 6.07) is 0. The SMILES string of the molecule is CCCCCCCCCCCCCCCC1C=C(O[Si](C)(C)C)CCC1. The van der Waals surface area contributed by atoms with Crippen LogP contribution in [0.2, 0.25) is 19.6 Å². The molecule has 1 unspecified atom stereocenters. The average molecular weight is 381 g/mol. The van der Waals surface area contributed by atoms with Gasteiger partial charge >= 0.3 is 0 Å². The highest BCUT2D eigenvalue weighted by molar-refractivity contribution is 6.70. The highest BCUT2D eigenvalue weighted by Crippen LogP contribution is 2.29. The van der Waals surface area contributed by atoms with E-state index in [4.69, 9.17) is 4.43 Å². The van der Waals surface area contributed by atoms with E-state index in [9.17, 15) is 0 Å². The molecule has 0 N–H and O–H groups in total. The third-order valence-electron chi connectivity index (χ3n) is 5.54. The molecule has 2 heteroatoms. The van der Waals surface area contributed by atoms with Gasteiger partial charge in [-0.15, -0.1) is 0 Å². The van der Waals surface area contributed by atoms with Gasteiger partial charge in [-0.05, 0) is 50.9 Å². The molecule has 0 bridgehead atoms. The molecule has 0 aromatic rings. The monoisotopic (exact) mass is 380 g/mol. The van der Waals surface area contributed by atoms with Crippen molar-refractivity contribution in [1.82, 2.24) is 0 Å². The molecule has 0 aromatic heterocycles. The van der Waals surface area contributed by atoms with Crippen molar-refractivity contribution >= 4 is 8.32 Å². The third kappa shape index (κ3) is 13.9. The fourth-order valence-corrected chi connectivity index (χ4v) is 5.06. The number of rotatable bonds is 16. The van der Waals surface area contributed by atoms with Crippen molar-refractivity contribution in [1.29, 1.82) is 0 Å². The standard InChI is InChI=1S/C24H48OSi/c1-5-6-7-8-9-10-11-12-13-14-15-16-17-19-23-20-18-21-24(22-23)25-26(2,3)4/h22-23H,5-21H2,1-4H3. The normalized spacial score (nSPS) is 18.0. The zero-order valence-corrected chi connectivity index (χ0v) is 19.6. The lowest BCUT2D eigenvalue weighted by Gasteiger charge is -2.27. The van der Waals surface area contributed by atoms with E-state index < -0.39 is 8.32 Å². The topological polar surface area (TPSA) is 9.23 Å². The van der Waals surface area contributed by atoms with Crippen LogP contribution in [0.1, 0.15) is 116 Å². The summed E-state index contributed by atoms with van der Waals surface area (Å²) in [5.74, 6) is 2.11. The van der Waals surface area contributed by atoms with E-state index in [2.05, 4.69) is 32.6 Å². The Bertz CT molecular complexity index is 356. The van der Waals surface area contributed by atoms with Crippen LogP contribution in [0.3, 0.4) is 0 Å². The molecule has 1 aliphatic rings. The summed E-state index contributed by atoms with van der Waals surface area (Å²) in [7, 11) is -1.41. The van der Waals surface area contributed by atoms with Crippen molar-refractivity contribution < 1.29 is 4.43 Å². The summed E-state index contributed by atoms with van der Waals surface area (Å²) < 4.78 is 6.23. The Labute approximate surface area is 166 Å². The minimum atomic E-state index is -1.41. The van der Waals surface area contributed by atoms with Crippen molar-refractivity contribution in [3.05, 3.63) is 11.8 Å². The predicted octanol–water partition coefficient (Wildman–Crippen LogP) is 9.00. The Balaban J connectivity index is 1.92. The van der Waals surface area contributed by atoms with Gasteiger partial charge in [-0.3, -0.25) is 0 Å². The lowest BCUT2D eigenvalue weighted by Crippen LogP contribution is -2.26. The molecule has 0 aliphatic heterocycles. The second-order valence-electron chi connectivity index (χ2n) is 9.53. The van der Waals surface area contributed by atoms with Gasteiger partial charge in [0.2, 0.25) is 8.32 Å². The van der Waals surface area contributed by atoms with Gasteiger partial charge in [0.15, 0.2) is 0 Å². The van der Waals surface area contributed by atoms with Gasteiger partial charge in [-0.2, -0.15) is 0 Å². The smallest absolute Gasteiger partial charge is 0.241 e. The second kappa shape index (κ2) is 14.8. The number of hydrogen-bond donors (Lipinski definition) is 0. The molecule has 0 heterocycles. The van der Waals surface area contributed by atoms with Gasteiger partial charge in [0, 0.05) is 6.42 Å². The largest absolute Gasteiger partial charge is 0.548 e. The van der Waals surface area contributed by atoms with Crippen molar-refractivity contribution in [3.63, 3.8) is 0 Å². The molecule has 0 saturated carbocycles. The molecule has 1 nitrogen and oxygen atoms in total. The van der Waals surface area contributed by atoms with Gasteiger partial charge in [-0.1, -0.05) is 90.4 Å². The van der Waals surface area contributed by atoms with Crippen LogP contribution in [0, 0.1) is 5.92 Å². The van der Waals surface area contributed by atoms with Gasteiger partial charge in [0.05, 0.1) is 5.76 Å². The minimum absolute atomic E-state index is 0.794. The van der Waals surface area contributed by atoms with Gasteiger partial charge < -0.3 is 4.43 Å². The Morgan fingerprint density at radius 3 is 1.81 bits per heavy atom. The molecule has 0 amide bonds. The molecule has 1 atom stereocenters. The lowest BCUT2D eigenvalue weighted by molar-refractivity contribution is 0.349. The van der Waals surface area contributed by atoms with E-state index in [0.29, 0.717) is 0 Å². The maximum Gasteiger partial charge on any atom is 0.241 e. The van der Waals surface area contributed by atoms with Crippen LogP contribution in [-0.2, 0) is 4.43 Å². The number of unbranched alkanes of at least 4 members (excludes halogenated alkanes) is 12. The average Bonchev–Trinajstić information content (AvgIpc) is 2.58. The molecule has 154 valence electrons. The molecule has 0 aromatic carbocycles. The fourth-order valence-electron chi connectivity index (χ4n) is 4.10. The maximum absolute atomic E-state index is 6.23. The lowest BCUT2D eigenvalue weighted by atomic mass is 9.90. The molecule has 0 fully saturated rings. The van der Waals surface area contributed by atoms with Crippen LogP contribution < -0.4 is 0 Å². The van der Waals surface area contributed by atoms with E-state index in [1.807, 2.05) is 0 Å². The van der Waals surface area contributed by atoms with Gasteiger partial charge in [-0.25, -0.2) is 0 Å². The quantitative estimate of drug-likeness (QED) is 0.192. The summed E-state index contributed by atoms with van der Waals surface area (Å²) in [5.41, 5.74) is 0. The molecule has 1 aliphatic carbocycles. The zero-order chi connectivity index (χ0) is 19.1. The van der Waals surface area contributed by atoms with E-state index >= 15 is 0 Å². The molecule has 26 heavy (non-hydrogen) atoms. The molecule has 0 radical (unpaired) electrons. The summed E-state index contributed by atoms with van der Waals surface area (Å²) in [6.45, 7) is 9.18. The maximum atomic E-state index is 6.23. The first-order valence-electron chi connectivity index (χ1n) is 11.9. The molecule has 0 spiro atoms. The molecular formula is C24H48OSi. The van der Waals surface area contributed by atoms with Crippen LogP contribution in [0.5, 0.6) is 0 Å². The summed E-state index contributed by atoms with van der Waals surface area (Å²) in [5, 5.41) is 0. The van der Waals surface area contributed by atoms with Crippen LogP contribution in [-0.4, -0.2) is 8.32 Å². The summed E-state index contributed by atoms with van der Waals surface area (Å²) in [4.78, 5) is 0. The van der Waals surface area contributed by atoms with E-state index in [0.717, 1.165) is 5.92 Å². The molecular weight excluding hydrogens is 332 g/mol. The van der Waals surface area contributed by atoms with Crippen LogP contribution in [0.4, 0.5) is 0 Å². The van der Waals surface area contributed by atoms with E-state index in [1.165, 1.54) is 115 Å². The van der Waals surface area contributed by atoms with Gasteiger partial charge in [0.25, 0.3) is 0 Å². The first-order chi connectivity index (χ1) is 12.5. The Hall–Kier alpha value is -0.243. The first-order valence-corrected chi connectivity index (χ1v) is 15.3. The predicted molar refractivity (Wildman–Crippen MR) is 120 cm³/mol. The third-order valence-corrected chi connectivity index (χ3v) is 6.41. The van der Waals surface area contributed by atoms with E-state index in [-0.39, 0.29) is 0 Å². The van der Waals surface area contributed by atoms with Crippen LogP contribution >= 0.6 is 0 Å². The molecule has 1 rings (SSSR count). The molecule has 0 saturated heterocycles. The Morgan fingerprint density at radius 1 is 0.808 bits per heavy atom. The highest BCUT2D eigenvalue weighted by Gasteiger charge is 2.21. The minimum Gasteiger partial charge on any atom is -0.548 e. The first kappa shape index (κ1) is 23.8. The summed E-state index contributed by atoms with van der Waals surface area (Å²) >= 11 is 0. The zero-order valence-electron chi connectivity index (χ0n) is 18.6. The Morgan fingerprint density at radius 2 is 1.31 bits per heavy atom. The van der Waals surface area contributed by atoms with Crippen LogP contribution in [0.25, 0.3) is 0 Å². The second-order valence-corrected chi connectivity index (χ2v) is 14.0. The Kier molecular flexibility index (Phi) is 13.5. The van der Waals surface area contributed by atoms with Crippen molar-refractivity contribution in [2.75, 3.05) is 0 Å². The van der Waals surface area contributed by atoms with Crippen LogP contribution in [0.15, 0.2) is 11.8 Å². The highest BCUT2D eigenvalue weighted by atomic mass is 28.4. The van der Waals surface area contributed by atoms with Gasteiger partial charge in [0.1, 0.15) is 0 Å². The van der Waals surface area contributed by atoms with Crippen molar-refractivity contribution in [3.8, 4) is 0 Å². The van der Waals surface area contributed by atoms with Crippen molar-refractivity contribution in [2.45, 2.75) is 136 Å². The number of hydrogen-bond acceptors (Lipinski definition) is 1.